The molecule has 0 aliphatic heterocycles. The molecule has 0 aromatic heterocycles. The summed E-state index contributed by atoms with van der Waals surface area (Å²) < 4.78 is 10.6. The highest BCUT2D eigenvalue weighted by atomic mass is 16.5. The van der Waals surface area contributed by atoms with E-state index in [1.807, 2.05) is 25.1 Å². The molecule has 96 valence electrons. The van der Waals surface area contributed by atoms with E-state index in [1.54, 1.807) is 7.11 Å². The second-order valence-electron chi connectivity index (χ2n) is 3.97. The van der Waals surface area contributed by atoms with Crippen LogP contribution in [0.3, 0.4) is 0 Å². The molecule has 0 saturated heterocycles. The normalized spacial score (nSPS) is 12.4. The lowest BCUT2D eigenvalue weighted by Crippen LogP contribution is -2.21. The molecule has 1 N–H and O–H groups in total. The molecule has 0 fully saturated rings. The van der Waals surface area contributed by atoms with Crippen molar-refractivity contribution in [1.82, 2.24) is 5.32 Å². The predicted molar refractivity (Wildman–Crippen MR) is 70.5 cm³/mol. The van der Waals surface area contributed by atoms with E-state index >= 15 is 0 Å². The Bertz CT molecular complexity index is 315. The molecule has 3 heteroatoms. The van der Waals surface area contributed by atoms with Gasteiger partial charge in [0.2, 0.25) is 0 Å². The van der Waals surface area contributed by atoms with Gasteiger partial charge in [0.15, 0.2) is 0 Å². The number of benzene rings is 1. The topological polar surface area (TPSA) is 30.5 Å². The lowest BCUT2D eigenvalue weighted by molar-refractivity contribution is 0.144. The summed E-state index contributed by atoms with van der Waals surface area (Å²) in [5.41, 5.74) is 1.20. The predicted octanol–water partition coefficient (Wildman–Crippen LogP) is 2.77. The van der Waals surface area contributed by atoms with E-state index in [2.05, 4.69) is 18.3 Å². The first-order valence-electron chi connectivity index (χ1n) is 6.23. The average molecular weight is 237 g/mol. The van der Waals surface area contributed by atoms with Crippen molar-refractivity contribution in [3.05, 3.63) is 29.8 Å². The third kappa shape index (κ3) is 4.75. The van der Waals surface area contributed by atoms with E-state index < -0.39 is 0 Å². The summed E-state index contributed by atoms with van der Waals surface area (Å²) in [6.07, 6.45) is 1.04. The Hall–Kier alpha value is -1.06. The number of para-hydroxylation sites is 1. The molecular weight excluding hydrogens is 214 g/mol. The minimum atomic E-state index is 0.299. The van der Waals surface area contributed by atoms with Gasteiger partial charge < -0.3 is 14.8 Å². The first-order chi connectivity index (χ1) is 8.29. The molecule has 0 amide bonds. The van der Waals surface area contributed by atoms with Crippen molar-refractivity contribution >= 4 is 0 Å². The molecule has 3 nitrogen and oxygen atoms in total. The fourth-order valence-corrected chi connectivity index (χ4v) is 1.77. The van der Waals surface area contributed by atoms with Crippen molar-refractivity contribution in [2.75, 3.05) is 26.9 Å². The summed E-state index contributed by atoms with van der Waals surface area (Å²) in [4.78, 5) is 0. The zero-order chi connectivity index (χ0) is 12.5. The van der Waals surface area contributed by atoms with Crippen molar-refractivity contribution in [2.24, 2.45) is 0 Å². The van der Waals surface area contributed by atoms with Gasteiger partial charge in [-0.2, -0.15) is 0 Å². The molecule has 0 aliphatic rings. The van der Waals surface area contributed by atoms with Gasteiger partial charge >= 0.3 is 0 Å². The van der Waals surface area contributed by atoms with Crippen LogP contribution in [0, 0.1) is 0 Å². The van der Waals surface area contributed by atoms with Crippen molar-refractivity contribution in [3.63, 3.8) is 0 Å². The van der Waals surface area contributed by atoms with Crippen molar-refractivity contribution in [1.29, 1.82) is 0 Å². The van der Waals surface area contributed by atoms with Gasteiger partial charge in [-0.05, 0) is 32.9 Å². The Morgan fingerprint density at radius 2 is 2.06 bits per heavy atom. The summed E-state index contributed by atoms with van der Waals surface area (Å²) >= 11 is 0. The highest BCUT2D eigenvalue weighted by Gasteiger charge is 2.09. The standard InChI is InChI=1S/C14H23NO2/c1-4-17-11-7-10-15-12(2)13-8-5-6-9-14(13)16-3/h5-6,8-9,12,15H,4,7,10-11H2,1-3H3/t12-/m1/s1. The molecular formula is C14H23NO2. The quantitative estimate of drug-likeness (QED) is 0.705. The van der Waals surface area contributed by atoms with Crippen molar-refractivity contribution < 1.29 is 9.47 Å². The fourth-order valence-electron chi connectivity index (χ4n) is 1.77. The molecule has 17 heavy (non-hydrogen) atoms. The number of methoxy groups -OCH3 is 1. The Balaban J connectivity index is 2.38. The smallest absolute Gasteiger partial charge is 0.123 e. The van der Waals surface area contributed by atoms with Crippen LogP contribution in [0.5, 0.6) is 5.75 Å². The summed E-state index contributed by atoms with van der Waals surface area (Å²) in [5.74, 6) is 0.942. The van der Waals surface area contributed by atoms with Crippen molar-refractivity contribution in [3.8, 4) is 5.75 Å². The molecule has 1 atom stereocenters. The molecule has 0 aliphatic carbocycles. The van der Waals surface area contributed by atoms with Gasteiger partial charge in [0, 0.05) is 24.8 Å². The van der Waals surface area contributed by atoms with Crippen LogP contribution in [0.4, 0.5) is 0 Å². The second-order valence-corrected chi connectivity index (χ2v) is 3.97. The number of ether oxygens (including phenoxy) is 2. The Morgan fingerprint density at radius 3 is 2.76 bits per heavy atom. The molecule has 0 bridgehead atoms. The van der Waals surface area contributed by atoms with Gasteiger partial charge in [0.05, 0.1) is 7.11 Å². The third-order valence-electron chi connectivity index (χ3n) is 2.73. The fraction of sp³-hybridized carbons (Fsp3) is 0.571. The van der Waals surface area contributed by atoms with Gasteiger partial charge in [0.25, 0.3) is 0 Å². The van der Waals surface area contributed by atoms with E-state index in [-0.39, 0.29) is 0 Å². The molecule has 0 saturated carbocycles. The molecule has 0 unspecified atom stereocenters. The molecule has 0 radical (unpaired) electrons. The lowest BCUT2D eigenvalue weighted by atomic mass is 10.1. The molecule has 1 aromatic carbocycles. The lowest BCUT2D eigenvalue weighted by Gasteiger charge is -2.17. The SMILES string of the molecule is CCOCCCN[C@H](C)c1ccccc1OC. The van der Waals surface area contributed by atoms with Gasteiger partial charge in [-0.1, -0.05) is 18.2 Å². The van der Waals surface area contributed by atoms with E-state index in [4.69, 9.17) is 9.47 Å². The Kier molecular flexibility index (Phi) is 6.67. The van der Waals surface area contributed by atoms with Crippen LogP contribution in [0.1, 0.15) is 31.9 Å². The van der Waals surface area contributed by atoms with Gasteiger partial charge in [-0.15, -0.1) is 0 Å². The Morgan fingerprint density at radius 1 is 1.29 bits per heavy atom. The maximum Gasteiger partial charge on any atom is 0.123 e. The van der Waals surface area contributed by atoms with Gasteiger partial charge in [-0.25, -0.2) is 0 Å². The first kappa shape index (κ1) is 14.0. The largest absolute Gasteiger partial charge is 0.496 e. The number of hydrogen-bond donors (Lipinski definition) is 1. The maximum absolute atomic E-state index is 5.35. The van der Waals surface area contributed by atoms with Crippen molar-refractivity contribution in [2.45, 2.75) is 26.3 Å². The van der Waals surface area contributed by atoms with Gasteiger partial charge in [-0.3, -0.25) is 0 Å². The van der Waals surface area contributed by atoms with Crippen LogP contribution in [0.15, 0.2) is 24.3 Å². The highest BCUT2D eigenvalue weighted by Crippen LogP contribution is 2.23. The van der Waals surface area contributed by atoms with Crippen LogP contribution in [-0.2, 0) is 4.74 Å². The number of nitrogens with one attached hydrogen (secondary N) is 1. The molecule has 1 rings (SSSR count). The van der Waals surface area contributed by atoms with Crippen LogP contribution in [0.25, 0.3) is 0 Å². The highest BCUT2D eigenvalue weighted by molar-refractivity contribution is 5.35. The van der Waals surface area contributed by atoms with Gasteiger partial charge in [0.1, 0.15) is 5.75 Å². The molecule has 0 spiro atoms. The zero-order valence-electron chi connectivity index (χ0n) is 11.0. The molecule has 0 heterocycles. The summed E-state index contributed by atoms with van der Waals surface area (Å²) in [5, 5.41) is 3.47. The number of rotatable bonds is 8. The minimum absolute atomic E-state index is 0.299. The molecule has 1 aromatic rings. The second kappa shape index (κ2) is 8.09. The number of hydrogen-bond acceptors (Lipinski definition) is 3. The Labute approximate surface area is 104 Å². The minimum Gasteiger partial charge on any atom is -0.496 e. The summed E-state index contributed by atoms with van der Waals surface area (Å²) in [6.45, 7) is 6.74. The van der Waals surface area contributed by atoms with E-state index in [1.165, 1.54) is 5.56 Å². The third-order valence-corrected chi connectivity index (χ3v) is 2.73. The summed E-state index contributed by atoms with van der Waals surface area (Å²) in [7, 11) is 1.71. The summed E-state index contributed by atoms with van der Waals surface area (Å²) in [6, 6.07) is 8.42. The first-order valence-corrected chi connectivity index (χ1v) is 6.23. The van der Waals surface area contributed by atoms with E-state index in [9.17, 15) is 0 Å². The zero-order valence-corrected chi connectivity index (χ0v) is 11.0. The monoisotopic (exact) mass is 237 g/mol. The maximum atomic E-state index is 5.35. The van der Waals surface area contributed by atoms with Crippen LogP contribution in [0.2, 0.25) is 0 Å². The van der Waals surface area contributed by atoms with Crippen LogP contribution in [-0.4, -0.2) is 26.9 Å². The van der Waals surface area contributed by atoms with E-state index in [0.717, 1.165) is 31.9 Å². The van der Waals surface area contributed by atoms with Crippen LogP contribution < -0.4 is 10.1 Å². The average Bonchev–Trinajstić information content (AvgIpc) is 2.38. The van der Waals surface area contributed by atoms with E-state index in [0.29, 0.717) is 6.04 Å². The van der Waals surface area contributed by atoms with Crippen LogP contribution >= 0.6 is 0 Å².